The van der Waals surface area contributed by atoms with Crippen LogP contribution in [0.25, 0.3) is 0 Å². The van der Waals surface area contributed by atoms with Gasteiger partial charge in [0.05, 0.1) is 13.7 Å². The average molecular weight is 272 g/mol. The molecule has 1 aliphatic heterocycles. The third kappa shape index (κ3) is 5.89. The summed E-state index contributed by atoms with van der Waals surface area (Å²) in [6.07, 6.45) is 2.38. The van der Waals surface area contributed by atoms with E-state index in [9.17, 15) is 4.79 Å². The summed E-state index contributed by atoms with van der Waals surface area (Å²) in [7, 11) is 3.19. The number of ether oxygens (including phenoxy) is 2. The predicted molar refractivity (Wildman–Crippen MR) is 75.1 cm³/mol. The van der Waals surface area contributed by atoms with E-state index in [-0.39, 0.29) is 18.1 Å². The third-order valence-corrected chi connectivity index (χ3v) is 3.47. The van der Waals surface area contributed by atoms with E-state index in [1.165, 1.54) is 20.0 Å². The molecule has 0 aliphatic carbocycles. The minimum absolute atomic E-state index is 0.178. The number of esters is 1. The summed E-state index contributed by atoms with van der Waals surface area (Å²) in [6.45, 7) is 7.65. The molecule has 5 nitrogen and oxygen atoms in total. The first kappa shape index (κ1) is 16.4. The summed E-state index contributed by atoms with van der Waals surface area (Å²) in [5.74, 6) is 0.402. The first-order valence-electron chi connectivity index (χ1n) is 7.12. The molecule has 0 amide bonds. The predicted octanol–water partition coefficient (Wildman–Crippen LogP) is 0.884. The van der Waals surface area contributed by atoms with E-state index < -0.39 is 0 Å². The Morgan fingerprint density at radius 3 is 2.74 bits per heavy atom. The molecular weight excluding hydrogens is 244 g/mol. The number of nitrogens with one attached hydrogen (secondary N) is 1. The van der Waals surface area contributed by atoms with Crippen LogP contribution in [0.15, 0.2) is 0 Å². The fraction of sp³-hybridized carbons (Fsp3) is 0.929. The van der Waals surface area contributed by atoms with Crippen molar-refractivity contribution in [1.29, 1.82) is 0 Å². The molecule has 0 aromatic carbocycles. The van der Waals surface area contributed by atoms with Gasteiger partial charge in [0.25, 0.3) is 0 Å². The lowest BCUT2D eigenvalue weighted by atomic mass is 9.98. The highest BCUT2D eigenvalue weighted by molar-refractivity contribution is 5.76. The summed E-state index contributed by atoms with van der Waals surface area (Å²) < 4.78 is 10.1. The van der Waals surface area contributed by atoms with E-state index in [1.54, 1.807) is 7.11 Å². The van der Waals surface area contributed by atoms with Crippen LogP contribution < -0.4 is 5.32 Å². The maximum atomic E-state index is 11.8. The first-order chi connectivity index (χ1) is 9.06. The van der Waals surface area contributed by atoms with Crippen molar-refractivity contribution in [3.8, 4) is 0 Å². The van der Waals surface area contributed by atoms with Gasteiger partial charge in [-0.2, -0.15) is 0 Å². The second-order valence-electron chi connectivity index (χ2n) is 5.62. The normalized spacial score (nSPS) is 22.5. The van der Waals surface area contributed by atoms with E-state index in [2.05, 4.69) is 10.2 Å². The summed E-state index contributed by atoms with van der Waals surface area (Å²) in [6, 6.07) is 0.0231. The highest BCUT2D eigenvalue weighted by Gasteiger charge is 2.26. The van der Waals surface area contributed by atoms with Gasteiger partial charge in [0.1, 0.15) is 6.04 Å². The number of carbonyl (C=O) groups excluding carboxylic acids is 1. The number of methoxy groups -OCH3 is 2. The zero-order chi connectivity index (χ0) is 14.3. The molecule has 1 rings (SSSR count). The number of hydrogen-bond acceptors (Lipinski definition) is 5. The molecule has 0 aromatic rings. The molecular formula is C14H28N2O3. The SMILES string of the molecule is COCC1CCCN(CC(NC(C)C)C(=O)OC)C1. The van der Waals surface area contributed by atoms with Crippen molar-refractivity contribution in [2.75, 3.05) is 40.5 Å². The average Bonchev–Trinajstić information content (AvgIpc) is 2.37. The topological polar surface area (TPSA) is 50.8 Å². The van der Waals surface area contributed by atoms with Crippen molar-refractivity contribution in [2.45, 2.75) is 38.8 Å². The van der Waals surface area contributed by atoms with Crippen LogP contribution in [0.5, 0.6) is 0 Å². The molecule has 1 aliphatic rings. The van der Waals surface area contributed by atoms with Crippen LogP contribution in [0.2, 0.25) is 0 Å². The Hall–Kier alpha value is -0.650. The highest BCUT2D eigenvalue weighted by Crippen LogP contribution is 2.17. The van der Waals surface area contributed by atoms with E-state index >= 15 is 0 Å². The van der Waals surface area contributed by atoms with Gasteiger partial charge in [0.2, 0.25) is 0 Å². The van der Waals surface area contributed by atoms with Crippen LogP contribution in [-0.2, 0) is 14.3 Å². The van der Waals surface area contributed by atoms with Crippen molar-refractivity contribution in [2.24, 2.45) is 5.92 Å². The van der Waals surface area contributed by atoms with Crippen LogP contribution in [0.4, 0.5) is 0 Å². The van der Waals surface area contributed by atoms with Crippen LogP contribution in [0.1, 0.15) is 26.7 Å². The molecule has 0 aromatic heterocycles. The molecule has 112 valence electrons. The van der Waals surface area contributed by atoms with Gasteiger partial charge in [0.15, 0.2) is 0 Å². The first-order valence-corrected chi connectivity index (χ1v) is 7.12. The van der Waals surface area contributed by atoms with Gasteiger partial charge in [-0.3, -0.25) is 4.79 Å². The van der Waals surface area contributed by atoms with Crippen molar-refractivity contribution in [1.82, 2.24) is 10.2 Å². The van der Waals surface area contributed by atoms with E-state index in [4.69, 9.17) is 9.47 Å². The Morgan fingerprint density at radius 2 is 2.16 bits per heavy atom. The van der Waals surface area contributed by atoms with Gasteiger partial charge in [-0.25, -0.2) is 0 Å². The molecule has 2 atom stereocenters. The Labute approximate surface area is 116 Å². The molecule has 5 heteroatoms. The number of piperidine rings is 1. The van der Waals surface area contributed by atoms with Crippen molar-refractivity contribution in [3.05, 3.63) is 0 Å². The van der Waals surface area contributed by atoms with E-state index in [0.29, 0.717) is 12.5 Å². The standard InChI is InChI=1S/C14H28N2O3/c1-11(2)15-13(14(17)19-4)9-16-7-5-6-12(8-16)10-18-3/h11-13,15H,5-10H2,1-4H3. The van der Waals surface area contributed by atoms with Crippen molar-refractivity contribution in [3.63, 3.8) is 0 Å². The Kier molecular flexibility index (Phi) is 7.34. The minimum Gasteiger partial charge on any atom is -0.468 e. The van der Waals surface area contributed by atoms with Crippen LogP contribution in [0, 0.1) is 5.92 Å². The maximum absolute atomic E-state index is 11.8. The van der Waals surface area contributed by atoms with E-state index in [0.717, 1.165) is 19.7 Å². The maximum Gasteiger partial charge on any atom is 0.324 e. The number of nitrogens with zero attached hydrogens (tertiary/aromatic N) is 1. The molecule has 0 radical (unpaired) electrons. The molecule has 19 heavy (non-hydrogen) atoms. The fourth-order valence-electron chi connectivity index (χ4n) is 2.69. The van der Waals surface area contributed by atoms with Gasteiger partial charge >= 0.3 is 5.97 Å². The summed E-state index contributed by atoms with van der Waals surface area (Å²) >= 11 is 0. The van der Waals surface area contributed by atoms with Gasteiger partial charge < -0.3 is 19.7 Å². The van der Waals surface area contributed by atoms with Gasteiger partial charge in [-0.05, 0) is 25.3 Å². The number of likely N-dealkylation sites (tertiary alicyclic amines) is 1. The quantitative estimate of drug-likeness (QED) is 0.697. The second kappa shape index (κ2) is 8.51. The Morgan fingerprint density at radius 1 is 1.42 bits per heavy atom. The molecule has 1 saturated heterocycles. The molecule has 1 N–H and O–H groups in total. The molecule has 1 heterocycles. The summed E-state index contributed by atoms with van der Waals surface area (Å²) in [5, 5.41) is 3.28. The molecule has 2 unspecified atom stereocenters. The second-order valence-corrected chi connectivity index (χ2v) is 5.62. The molecule has 1 fully saturated rings. The van der Waals surface area contributed by atoms with Gasteiger partial charge in [0, 0.05) is 26.2 Å². The summed E-state index contributed by atoms with van der Waals surface area (Å²) in [4.78, 5) is 14.1. The lowest BCUT2D eigenvalue weighted by Gasteiger charge is -2.34. The van der Waals surface area contributed by atoms with Crippen LogP contribution in [0.3, 0.4) is 0 Å². The van der Waals surface area contributed by atoms with Crippen molar-refractivity contribution >= 4 is 5.97 Å². The highest BCUT2D eigenvalue weighted by atomic mass is 16.5. The van der Waals surface area contributed by atoms with Gasteiger partial charge in [-0.15, -0.1) is 0 Å². The van der Waals surface area contributed by atoms with E-state index in [1.807, 2.05) is 13.8 Å². The Balaban J connectivity index is 2.50. The fourth-order valence-corrected chi connectivity index (χ4v) is 2.69. The third-order valence-electron chi connectivity index (χ3n) is 3.47. The van der Waals surface area contributed by atoms with Crippen LogP contribution >= 0.6 is 0 Å². The smallest absolute Gasteiger partial charge is 0.324 e. The van der Waals surface area contributed by atoms with Gasteiger partial charge in [-0.1, -0.05) is 13.8 Å². The zero-order valence-corrected chi connectivity index (χ0v) is 12.6. The van der Waals surface area contributed by atoms with Crippen molar-refractivity contribution < 1.29 is 14.3 Å². The molecule has 0 spiro atoms. The number of hydrogen-bond donors (Lipinski definition) is 1. The lowest BCUT2D eigenvalue weighted by molar-refractivity contribution is -0.144. The molecule has 0 saturated carbocycles. The number of rotatable bonds is 7. The minimum atomic E-state index is -0.244. The molecule has 0 bridgehead atoms. The van der Waals surface area contributed by atoms with Crippen LogP contribution in [-0.4, -0.2) is 63.4 Å². The summed E-state index contributed by atoms with van der Waals surface area (Å²) in [5.41, 5.74) is 0. The largest absolute Gasteiger partial charge is 0.468 e. The zero-order valence-electron chi connectivity index (χ0n) is 12.6. The Bertz CT molecular complexity index is 269. The monoisotopic (exact) mass is 272 g/mol. The lowest BCUT2D eigenvalue weighted by Crippen LogP contribution is -2.51. The number of carbonyl (C=O) groups is 1.